The molecule has 0 aliphatic rings. The van der Waals surface area contributed by atoms with Crippen LogP contribution in [0, 0.1) is 0 Å². The predicted molar refractivity (Wildman–Crippen MR) is 57.9 cm³/mol. The summed E-state index contributed by atoms with van der Waals surface area (Å²) in [6.45, 7) is 1.67. The second kappa shape index (κ2) is 3.63. The first-order valence-electron chi connectivity index (χ1n) is 4.28. The van der Waals surface area contributed by atoms with Crippen LogP contribution in [0.3, 0.4) is 0 Å². The first-order valence-corrected chi connectivity index (χ1v) is 5.07. The molecular formula is C10H9BrN2O. The minimum Gasteiger partial charge on any atom is -0.387 e. The van der Waals surface area contributed by atoms with E-state index in [9.17, 15) is 5.11 Å². The molecule has 0 fully saturated rings. The van der Waals surface area contributed by atoms with Crippen molar-refractivity contribution in [2.75, 3.05) is 0 Å². The molecule has 1 N–H and O–H groups in total. The van der Waals surface area contributed by atoms with Crippen molar-refractivity contribution in [2.24, 2.45) is 0 Å². The van der Waals surface area contributed by atoms with Crippen LogP contribution in [0.2, 0.25) is 0 Å². The van der Waals surface area contributed by atoms with Crippen molar-refractivity contribution in [3.05, 3.63) is 34.4 Å². The van der Waals surface area contributed by atoms with E-state index >= 15 is 0 Å². The fourth-order valence-electron chi connectivity index (χ4n) is 1.24. The largest absolute Gasteiger partial charge is 0.387 e. The highest BCUT2D eigenvalue weighted by Crippen LogP contribution is 2.19. The summed E-state index contributed by atoms with van der Waals surface area (Å²) in [5, 5.41) is 18.2. The van der Waals surface area contributed by atoms with Crippen molar-refractivity contribution in [1.82, 2.24) is 10.2 Å². The quantitative estimate of drug-likeness (QED) is 0.849. The molecule has 2 rings (SSSR count). The summed E-state index contributed by atoms with van der Waals surface area (Å²) in [6.07, 6.45) is -0.578. The van der Waals surface area contributed by atoms with Crippen LogP contribution in [0.15, 0.2) is 28.7 Å². The maximum atomic E-state index is 9.34. The number of hydrogen-bond donors (Lipinski definition) is 1. The summed E-state index contributed by atoms with van der Waals surface area (Å²) in [5.41, 5.74) is 1.42. The minimum atomic E-state index is -0.578. The molecule has 0 bridgehead atoms. The van der Waals surface area contributed by atoms with E-state index < -0.39 is 6.10 Å². The van der Waals surface area contributed by atoms with Gasteiger partial charge in [0, 0.05) is 9.86 Å². The zero-order valence-electron chi connectivity index (χ0n) is 7.61. The van der Waals surface area contributed by atoms with E-state index in [1.807, 2.05) is 24.3 Å². The molecule has 3 nitrogen and oxygen atoms in total. The Morgan fingerprint density at radius 2 is 2.07 bits per heavy atom. The van der Waals surface area contributed by atoms with E-state index in [-0.39, 0.29) is 0 Å². The van der Waals surface area contributed by atoms with Crippen molar-refractivity contribution < 1.29 is 5.11 Å². The lowest BCUT2D eigenvalue weighted by Crippen LogP contribution is -1.97. The molecule has 0 aliphatic heterocycles. The zero-order chi connectivity index (χ0) is 10.1. The van der Waals surface area contributed by atoms with Crippen molar-refractivity contribution in [2.45, 2.75) is 13.0 Å². The van der Waals surface area contributed by atoms with Gasteiger partial charge in [-0.3, -0.25) is 0 Å². The molecule has 14 heavy (non-hydrogen) atoms. The summed E-state index contributed by atoms with van der Waals surface area (Å²) in [5.74, 6) is 0. The molecule has 1 unspecified atom stereocenters. The van der Waals surface area contributed by atoms with Crippen LogP contribution < -0.4 is 0 Å². The molecule has 0 amide bonds. The van der Waals surface area contributed by atoms with Gasteiger partial charge in [-0.1, -0.05) is 15.9 Å². The number of fused-ring (bicyclic) bond motifs is 1. The molecule has 0 spiro atoms. The lowest BCUT2D eigenvalue weighted by Gasteiger charge is -2.03. The maximum Gasteiger partial charge on any atom is 0.0950 e. The van der Waals surface area contributed by atoms with Gasteiger partial charge in [-0.2, -0.15) is 10.2 Å². The number of aromatic nitrogens is 2. The van der Waals surface area contributed by atoms with Crippen LogP contribution in [-0.4, -0.2) is 15.3 Å². The van der Waals surface area contributed by atoms with Gasteiger partial charge in [0.2, 0.25) is 0 Å². The number of rotatable bonds is 1. The molecule has 1 heterocycles. The van der Waals surface area contributed by atoms with E-state index in [0.717, 1.165) is 15.4 Å². The van der Waals surface area contributed by atoms with Crippen LogP contribution >= 0.6 is 15.9 Å². The summed E-state index contributed by atoms with van der Waals surface area (Å²) < 4.78 is 0.995. The highest BCUT2D eigenvalue weighted by atomic mass is 79.9. The number of halogens is 1. The van der Waals surface area contributed by atoms with Gasteiger partial charge in [-0.15, -0.1) is 0 Å². The van der Waals surface area contributed by atoms with Crippen molar-refractivity contribution in [3.63, 3.8) is 0 Å². The normalized spacial score (nSPS) is 13.1. The van der Waals surface area contributed by atoms with Gasteiger partial charge in [0.05, 0.1) is 17.3 Å². The van der Waals surface area contributed by atoms with E-state index in [4.69, 9.17) is 0 Å². The molecule has 0 saturated carbocycles. The number of aliphatic hydroxyl groups is 1. The summed E-state index contributed by atoms with van der Waals surface area (Å²) in [6, 6.07) is 7.60. The first-order chi connectivity index (χ1) is 6.66. The van der Waals surface area contributed by atoms with Crippen LogP contribution in [-0.2, 0) is 0 Å². The van der Waals surface area contributed by atoms with Gasteiger partial charge < -0.3 is 5.11 Å². The molecule has 2 aromatic rings. The molecule has 1 atom stereocenters. The van der Waals surface area contributed by atoms with Gasteiger partial charge >= 0.3 is 0 Å². The summed E-state index contributed by atoms with van der Waals surface area (Å²) >= 11 is 3.38. The van der Waals surface area contributed by atoms with Gasteiger partial charge in [0.15, 0.2) is 0 Å². The lowest BCUT2D eigenvalue weighted by atomic mass is 10.2. The van der Waals surface area contributed by atoms with E-state index in [1.54, 1.807) is 6.92 Å². The Hall–Kier alpha value is -1.00. The summed E-state index contributed by atoms with van der Waals surface area (Å²) in [7, 11) is 0. The maximum absolute atomic E-state index is 9.34. The second-order valence-electron chi connectivity index (χ2n) is 3.15. The minimum absolute atomic E-state index is 0.578. The van der Waals surface area contributed by atoms with Crippen molar-refractivity contribution in [3.8, 4) is 0 Å². The molecule has 1 aromatic carbocycles. The molecule has 0 aliphatic carbocycles. The Morgan fingerprint density at radius 3 is 2.79 bits per heavy atom. The number of aliphatic hydroxyl groups excluding tert-OH is 1. The number of hydrogen-bond acceptors (Lipinski definition) is 3. The van der Waals surface area contributed by atoms with Crippen LogP contribution in [0.5, 0.6) is 0 Å². The number of nitrogens with zero attached hydrogens (tertiary/aromatic N) is 2. The Labute approximate surface area is 89.9 Å². The van der Waals surface area contributed by atoms with Gasteiger partial charge in [0.25, 0.3) is 0 Å². The third-order valence-electron chi connectivity index (χ3n) is 1.99. The SMILES string of the molecule is CC(O)c1cc2cc(Br)ccc2nn1. The van der Waals surface area contributed by atoms with Crippen molar-refractivity contribution >= 4 is 26.8 Å². The predicted octanol–water partition coefficient (Wildman–Crippen LogP) is 2.45. The Kier molecular flexibility index (Phi) is 2.48. The monoisotopic (exact) mass is 252 g/mol. The van der Waals surface area contributed by atoms with Gasteiger partial charge in [-0.25, -0.2) is 0 Å². The standard InChI is InChI=1S/C10H9BrN2O/c1-6(14)10-5-7-4-8(11)2-3-9(7)12-13-10/h2-6,14H,1H3. The molecule has 1 aromatic heterocycles. The Balaban J connectivity index is 2.63. The highest BCUT2D eigenvalue weighted by molar-refractivity contribution is 9.10. The van der Waals surface area contributed by atoms with E-state index in [0.29, 0.717) is 5.69 Å². The van der Waals surface area contributed by atoms with Crippen LogP contribution in [0.1, 0.15) is 18.7 Å². The smallest absolute Gasteiger partial charge is 0.0950 e. The van der Waals surface area contributed by atoms with Crippen LogP contribution in [0.25, 0.3) is 10.9 Å². The summed E-state index contributed by atoms with van der Waals surface area (Å²) in [4.78, 5) is 0. The van der Waals surface area contributed by atoms with Crippen molar-refractivity contribution in [1.29, 1.82) is 0 Å². The molecule has 72 valence electrons. The fourth-order valence-corrected chi connectivity index (χ4v) is 1.61. The average molecular weight is 253 g/mol. The molecular weight excluding hydrogens is 244 g/mol. The molecule has 4 heteroatoms. The topological polar surface area (TPSA) is 46.0 Å². The van der Waals surface area contributed by atoms with Crippen LogP contribution in [0.4, 0.5) is 0 Å². The zero-order valence-corrected chi connectivity index (χ0v) is 9.19. The number of benzene rings is 1. The average Bonchev–Trinajstić information content (AvgIpc) is 2.16. The van der Waals surface area contributed by atoms with E-state index in [2.05, 4.69) is 26.1 Å². The van der Waals surface area contributed by atoms with E-state index in [1.165, 1.54) is 0 Å². The Morgan fingerprint density at radius 1 is 1.29 bits per heavy atom. The van der Waals surface area contributed by atoms with Gasteiger partial charge in [-0.05, 0) is 31.2 Å². The second-order valence-corrected chi connectivity index (χ2v) is 4.06. The molecule has 0 saturated heterocycles. The first kappa shape index (κ1) is 9.55. The third kappa shape index (κ3) is 1.76. The lowest BCUT2D eigenvalue weighted by molar-refractivity contribution is 0.193. The Bertz CT molecular complexity index is 471. The fraction of sp³-hybridized carbons (Fsp3) is 0.200. The third-order valence-corrected chi connectivity index (χ3v) is 2.49. The molecule has 0 radical (unpaired) electrons. The highest BCUT2D eigenvalue weighted by Gasteiger charge is 2.04. The van der Waals surface area contributed by atoms with Gasteiger partial charge in [0.1, 0.15) is 0 Å².